The van der Waals surface area contributed by atoms with Gasteiger partial charge < -0.3 is 14.1 Å². The molecule has 0 saturated carbocycles. The molecule has 4 rings (SSSR count). The molecule has 30 heavy (non-hydrogen) atoms. The van der Waals surface area contributed by atoms with Gasteiger partial charge in [0.2, 0.25) is 0 Å². The number of amides is 1. The van der Waals surface area contributed by atoms with Crippen molar-refractivity contribution in [3.05, 3.63) is 65.6 Å². The van der Waals surface area contributed by atoms with Crippen molar-refractivity contribution in [2.45, 2.75) is 45.1 Å². The van der Waals surface area contributed by atoms with Crippen LogP contribution in [0.5, 0.6) is 5.75 Å². The summed E-state index contributed by atoms with van der Waals surface area (Å²) >= 11 is 0. The second-order valence-electron chi connectivity index (χ2n) is 8.04. The number of oxazole rings is 1. The van der Waals surface area contributed by atoms with Crippen molar-refractivity contribution in [3.8, 4) is 5.75 Å². The van der Waals surface area contributed by atoms with Crippen LogP contribution in [-0.4, -0.2) is 45.8 Å². The third-order valence-corrected chi connectivity index (χ3v) is 5.52. The van der Waals surface area contributed by atoms with Gasteiger partial charge in [0, 0.05) is 31.7 Å². The lowest BCUT2D eigenvalue weighted by Crippen LogP contribution is -2.40. The Morgan fingerprint density at radius 1 is 1.33 bits per heavy atom. The van der Waals surface area contributed by atoms with Crippen LogP contribution < -0.4 is 4.74 Å². The molecule has 7 nitrogen and oxygen atoms in total. The summed E-state index contributed by atoms with van der Waals surface area (Å²) in [7, 11) is 1.66. The number of carbonyl (C=O) groups is 1. The fourth-order valence-electron chi connectivity index (χ4n) is 4.00. The van der Waals surface area contributed by atoms with Crippen molar-refractivity contribution in [3.63, 3.8) is 0 Å². The van der Waals surface area contributed by atoms with E-state index in [1.54, 1.807) is 30.3 Å². The molecule has 158 valence electrons. The van der Waals surface area contributed by atoms with Crippen LogP contribution in [0.3, 0.4) is 0 Å². The van der Waals surface area contributed by atoms with Crippen molar-refractivity contribution in [2.24, 2.45) is 0 Å². The first-order chi connectivity index (χ1) is 14.5. The highest BCUT2D eigenvalue weighted by Gasteiger charge is 2.30. The number of rotatable bonds is 6. The topological polar surface area (TPSA) is 73.4 Å². The zero-order valence-corrected chi connectivity index (χ0v) is 17.7. The number of methoxy groups -OCH3 is 1. The minimum atomic E-state index is 0.0223. The van der Waals surface area contributed by atoms with Crippen LogP contribution in [0, 0.1) is 0 Å². The Labute approximate surface area is 176 Å². The fourth-order valence-corrected chi connectivity index (χ4v) is 4.00. The normalized spacial score (nSPS) is 16.8. The van der Waals surface area contributed by atoms with E-state index in [1.807, 2.05) is 43.0 Å². The third kappa shape index (κ3) is 4.25. The highest BCUT2D eigenvalue weighted by molar-refractivity contribution is 5.92. The highest BCUT2D eigenvalue weighted by Crippen LogP contribution is 2.28. The van der Waals surface area contributed by atoms with Crippen molar-refractivity contribution in [1.82, 2.24) is 19.7 Å². The Morgan fingerprint density at radius 2 is 2.20 bits per heavy atom. The summed E-state index contributed by atoms with van der Waals surface area (Å²) in [4.78, 5) is 19.5. The number of hydrogen-bond acceptors (Lipinski definition) is 5. The summed E-state index contributed by atoms with van der Waals surface area (Å²) in [5.74, 6) is 2.49. The number of hydrogen-bond donors (Lipinski definition) is 0. The molecule has 1 fully saturated rings. The van der Waals surface area contributed by atoms with Crippen molar-refractivity contribution in [1.29, 1.82) is 0 Å². The van der Waals surface area contributed by atoms with Gasteiger partial charge in [-0.15, -0.1) is 0 Å². The number of aromatic nitrogens is 3. The van der Waals surface area contributed by atoms with Gasteiger partial charge in [0.15, 0.2) is 5.89 Å². The SMILES string of the molecule is COc1cccc(Cc2cnc(C3CCCN(C(=O)c4ccnn4C(C)C)C3)o2)c1. The molecule has 7 heteroatoms. The zero-order chi connectivity index (χ0) is 21.1. The van der Waals surface area contributed by atoms with E-state index in [1.165, 1.54) is 0 Å². The summed E-state index contributed by atoms with van der Waals surface area (Å²) in [5.41, 5.74) is 1.75. The molecule has 0 N–H and O–H groups in total. The van der Waals surface area contributed by atoms with Gasteiger partial charge in [0.25, 0.3) is 5.91 Å². The second kappa shape index (κ2) is 8.73. The quantitative estimate of drug-likeness (QED) is 0.615. The molecular weight excluding hydrogens is 380 g/mol. The zero-order valence-electron chi connectivity index (χ0n) is 17.7. The van der Waals surface area contributed by atoms with Crippen LogP contribution in [0.2, 0.25) is 0 Å². The van der Waals surface area contributed by atoms with Crippen molar-refractivity contribution >= 4 is 5.91 Å². The first-order valence-electron chi connectivity index (χ1n) is 10.5. The van der Waals surface area contributed by atoms with Gasteiger partial charge >= 0.3 is 0 Å². The Kier molecular flexibility index (Phi) is 5.88. The van der Waals surface area contributed by atoms with E-state index in [0.717, 1.165) is 36.5 Å². The molecular formula is C23H28N4O3. The molecule has 1 saturated heterocycles. The minimum Gasteiger partial charge on any atom is -0.497 e. The van der Waals surface area contributed by atoms with Gasteiger partial charge in [-0.3, -0.25) is 9.48 Å². The van der Waals surface area contributed by atoms with Crippen LogP contribution >= 0.6 is 0 Å². The average molecular weight is 409 g/mol. The molecule has 1 unspecified atom stereocenters. The number of ether oxygens (including phenoxy) is 1. The standard InChI is InChI=1S/C23H28N4O3/c1-16(2)27-21(9-10-25-27)23(28)26-11-5-7-18(15-26)22-24-14-20(30-22)13-17-6-4-8-19(12-17)29-3/h4,6,8-10,12,14,16,18H,5,7,11,13,15H2,1-3H3. The van der Waals surface area contributed by atoms with E-state index in [4.69, 9.17) is 9.15 Å². The molecule has 0 aliphatic carbocycles. The smallest absolute Gasteiger partial charge is 0.272 e. The van der Waals surface area contributed by atoms with Gasteiger partial charge in [-0.2, -0.15) is 5.10 Å². The van der Waals surface area contributed by atoms with Crippen molar-refractivity contribution < 1.29 is 13.9 Å². The van der Waals surface area contributed by atoms with Crippen LogP contribution in [0.1, 0.15) is 66.4 Å². The lowest BCUT2D eigenvalue weighted by Gasteiger charge is -2.31. The van der Waals surface area contributed by atoms with E-state index in [-0.39, 0.29) is 17.9 Å². The number of benzene rings is 1. The molecule has 1 amide bonds. The molecule has 1 aliphatic rings. The van der Waals surface area contributed by atoms with Crippen LogP contribution in [0.25, 0.3) is 0 Å². The van der Waals surface area contributed by atoms with Gasteiger partial charge in [-0.1, -0.05) is 12.1 Å². The highest BCUT2D eigenvalue weighted by atomic mass is 16.5. The maximum Gasteiger partial charge on any atom is 0.272 e. The molecule has 1 aromatic carbocycles. The first-order valence-corrected chi connectivity index (χ1v) is 10.5. The number of carbonyl (C=O) groups excluding carboxylic acids is 1. The minimum absolute atomic E-state index is 0.0223. The van der Waals surface area contributed by atoms with E-state index in [0.29, 0.717) is 24.6 Å². The Balaban J connectivity index is 1.45. The summed E-state index contributed by atoms with van der Waals surface area (Å²) in [6.07, 6.45) is 6.04. The monoisotopic (exact) mass is 408 g/mol. The number of likely N-dealkylation sites (tertiary alicyclic amines) is 1. The van der Waals surface area contributed by atoms with Gasteiger partial charge in [0.1, 0.15) is 17.2 Å². The fraction of sp³-hybridized carbons (Fsp3) is 0.435. The van der Waals surface area contributed by atoms with E-state index in [2.05, 4.69) is 10.1 Å². The largest absolute Gasteiger partial charge is 0.497 e. The van der Waals surface area contributed by atoms with Gasteiger partial charge in [-0.05, 0) is 50.5 Å². The first kappa shape index (κ1) is 20.2. The molecule has 0 radical (unpaired) electrons. The van der Waals surface area contributed by atoms with Crippen LogP contribution in [-0.2, 0) is 6.42 Å². The second-order valence-corrected chi connectivity index (χ2v) is 8.04. The number of piperidine rings is 1. The molecule has 2 aromatic heterocycles. The molecule has 3 aromatic rings. The van der Waals surface area contributed by atoms with Crippen molar-refractivity contribution in [2.75, 3.05) is 20.2 Å². The predicted molar refractivity (Wildman–Crippen MR) is 113 cm³/mol. The summed E-state index contributed by atoms with van der Waals surface area (Å²) in [5, 5.41) is 4.29. The lowest BCUT2D eigenvalue weighted by molar-refractivity contribution is 0.0683. The average Bonchev–Trinajstić information content (AvgIpc) is 3.43. The maximum atomic E-state index is 13.1. The molecule has 0 spiro atoms. The predicted octanol–water partition coefficient (Wildman–Crippen LogP) is 4.07. The third-order valence-electron chi connectivity index (χ3n) is 5.52. The lowest BCUT2D eigenvalue weighted by atomic mass is 9.97. The molecule has 1 aliphatic heterocycles. The van der Waals surface area contributed by atoms with Gasteiger partial charge in [-0.25, -0.2) is 4.98 Å². The Hall–Kier alpha value is -3.09. The summed E-state index contributed by atoms with van der Waals surface area (Å²) in [6, 6.07) is 9.88. The van der Waals surface area contributed by atoms with E-state index in [9.17, 15) is 4.79 Å². The molecule has 3 heterocycles. The Morgan fingerprint density at radius 3 is 3.00 bits per heavy atom. The van der Waals surface area contributed by atoms with Crippen LogP contribution in [0.4, 0.5) is 0 Å². The molecule has 1 atom stereocenters. The van der Waals surface area contributed by atoms with E-state index >= 15 is 0 Å². The summed E-state index contributed by atoms with van der Waals surface area (Å²) in [6.45, 7) is 5.41. The maximum absolute atomic E-state index is 13.1. The summed E-state index contributed by atoms with van der Waals surface area (Å²) < 4.78 is 13.1. The van der Waals surface area contributed by atoms with Gasteiger partial charge in [0.05, 0.1) is 19.2 Å². The van der Waals surface area contributed by atoms with Crippen LogP contribution in [0.15, 0.2) is 47.1 Å². The van der Waals surface area contributed by atoms with E-state index < -0.39 is 0 Å². The Bertz CT molecular complexity index is 1010. The number of nitrogens with zero attached hydrogens (tertiary/aromatic N) is 4. The molecule has 0 bridgehead atoms.